The Bertz CT molecular complexity index is 1050. The number of fused-ring (bicyclic) bond motifs is 3. The second-order valence-corrected chi connectivity index (χ2v) is 8.96. The van der Waals surface area contributed by atoms with E-state index in [1.807, 2.05) is 24.3 Å². The highest BCUT2D eigenvalue weighted by Crippen LogP contribution is 2.52. The topological polar surface area (TPSA) is 85.9 Å². The second kappa shape index (κ2) is 8.04. The summed E-state index contributed by atoms with van der Waals surface area (Å²) in [4.78, 5) is 25.9. The summed E-state index contributed by atoms with van der Waals surface area (Å²) < 4.78 is 17.0. The number of hydrogen-bond acceptors (Lipinski definition) is 5. The molecule has 0 unspecified atom stereocenters. The van der Waals surface area contributed by atoms with Crippen molar-refractivity contribution >= 4 is 11.8 Å². The third-order valence-corrected chi connectivity index (χ3v) is 7.21. The standard InChI is InChI=1S/C25H28N2O5/c1-30-18-5-3-4-15(10-18)14-26-23(28)21-11-17-7-6-16(21)13-25(17)27-24(29)20-9-8-19(31-2)12-22(20)32-25/h3-5,8-10,12,16-17,21H,6-7,11,13-14H2,1-2H3,(H,26,28)(H,27,29)/t16-,17+,21-,25+/m1/s1. The molecule has 3 aliphatic carbocycles. The van der Waals surface area contributed by atoms with Crippen LogP contribution in [0.5, 0.6) is 17.2 Å². The Morgan fingerprint density at radius 2 is 1.97 bits per heavy atom. The normalized spacial score (nSPS) is 27.8. The minimum Gasteiger partial charge on any atom is -0.497 e. The average molecular weight is 437 g/mol. The molecule has 1 aliphatic heterocycles. The molecule has 6 rings (SSSR count). The van der Waals surface area contributed by atoms with E-state index in [0.29, 0.717) is 36.4 Å². The van der Waals surface area contributed by atoms with Crippen molar-refractivity contribution in [2.75, 3.05) is 14.2 Å². The molecular weight excluding hydrogens is 408 g/mol. The predicted molar refractivity (Wildman–Crippen MR) is 118 cm³/mol. The minimum absolute atomic E-state index is 0.0709. The van der Waals surface area contributed by atoms with Crippen LogP contribution in [0.4, 0.5) is 0 Å². The summed E-state index contributed by atoms with van der Waals surface area (Å²) in [5.74, 6) is 2.11. The van der Waals surface area contributed by atoms with Crippen LogP contribution in [0, 0.1) is 17.8 Å². The Morgan fingerprint density at radius 1 is 1.16 bits per heavy atom. The zero-order valence-electron chi connectivity index (χ0n) is 18.4. The maximum atomic E-state index is 13.0. The van der Waals surface area contributed by atoms with Crippen LogP contribution in [-0.2, 0) is 11.3 Å². The largest absolute Gasteiger partial charge is 0.497 e. The molecule has 168 valence electrons. The number of benzene rings is 2. The van der Waals surface area contributed by atoms with E-state index in [1.165, 1.54) is 0 Å². The number of rotatable bonds is 5. The van der Waals surface area contributed by atoms with Gasteiger partial charge >= 0.3 is 0 Å². The molecule has 0 aromatic heterocycles. The van der Waals surface area contributed by atoms with Gasteiger partial charge in [0.15, 0.2) is 5.72 Å². The van der Waals surface area contributed by atoms with Crippen molar-refractivity contribution in [2.45, 2.75) is 38.0 Å². The highest BCUT2D eigenvalue weighted by Gasteiger charge is 2.57. The van der Waals surface area contributed by atoms with Gasteiger partial charge in [0.25, 0.3) is 5.91 Å². The van der Waals surface area contributed by atoms with Gasteiger partial charge in [-0.3, -0.25) is 9.59 Å². The quantitative estimate of drug-likeness (QED) is 0.751. The zero-order chi connectivity index (χ0) is 22.3. The number of hydrogen-bond donors (Lipinski definition) is 2. The summed E-state index contributed by atoms with van der Waals surface area (Å²) in [7, 11) is 3.23. The smallest absolute Gasteiger partial charge is 0.258 e. The molecule has 2 aromatic carbocycles. The molecule has 7 heteroatoms. The van der Waals surface area contributed by atoms with Gasteiger partial charge in [0.2, 0.25) is 5.91 Å². The van der Waals surface area contributed by atoms with Gasteiger partial charge in [0, 0.05) is 30.9 Å². The summed E-state index contributed by atoms with van der Waals surface area (Å²) in [6, 6.07) is 13.0. The number of nitrogens with one attached hydrogen (secondary N) is 2. The Morgan fingerprint density at radius 3 is 2.72 bits per heavy atom. The molecule has 2 N–H and O–H groups in total. The Hall–Kier alpha value is -3.22. The third-order valence-electron chi connectivity index (χ3n) is 7.21. The summed E-state index contributed by atoms with van der Waals surface area (Å²) in [5.41, 5.74) is 0.775. The first-order valence-electron chi connectivity index (χ1n) is 11.1. The Labute approximate surface area is 187 Å². The second-order valence-electron chi connectivity index (χ2n) is 8.96. The molecule has 32 heavy (non-hydrogen) atoms. The molecule has 1 spiro atoms. The molecular formula is C25H28N2O5. The van der Waals surface area contributed by atoms with E-state index in [0.717, 1.165) is 24.2 Å². The van der Waals surface area contributed by atoms with Gasteiger partial charge in [-0.1, -0.05) is 12.1 Å². The summed E-state index contributed by atoms with van der Waals surface area (Å²) in [6.07, 6.45) is 3.24. The van der Waals surface area contributed by atoms with Crippen molar-refractivity contribution in [3.8, 4) is 17.2 Å². The lowest BCUT2D eigenvalue weighted by molar-refractivity contribution is -0.146. The molecule has 2 bridgehead atoms. The van der Waals surface area contributed by atoms with Gasteiger partial charge in [-0.15, -0.1) is 0 Å². The number of methoxy groups -OCH3 is 2. The van der Waals surface area contributed by atoms with Crippen molar-refractivity contribution in [1.82, 2.24) is 10.6 Å². The molecule has 2 amide bonds. The molecule has 0 saturated heterocycles. The van der Waals surface area contributed by atoms with Crippen LogP contribution in [0.3, 0.4) is 0 Å². The van der Waals surface area contributed by atoms with Crippen LogP contribution in [0.15, 0.2) is 42.5 Å². The van der Waals surface area contributed by atoms with Crippen LogP contribution in [0.2, 0.25) is 0 Å². The van der Waals surface area contributed by atoms with Gasteiger partial charge < -0.3 is 24.8 Å². The van der Waals surface area contributed by atoms with E-state index >= 15 is 0 Å². The fraction of sp³-hybridized carbons (Fsp3) is 0.440. The minimum atomic E-state index is -0.747. The van der Waals surface area contributed by atoms with Gasteiger partial charge in [0.1, 0.15) is 17.2 Å². The fourth-order valence-electron chi connectivity index (χ4n) is 5.54. The highest BCUT2D eigenvalue weighted by atomic mass is 16.5. The summed E-state index contributed by atoms with van der Waals surface area (Å²) >= 11 is 0. The van der Waals surface area contributed by atoms with Crippen molar-refractivity contribution in [1.29, 1.82) is 0 Å². The lowest BCUT2D eigenvalue weighted by Crippen LogP contribution is -2.66. The van der Waals surface area contributed by atoms with Crippen LogP contribution in [-0.4, -0.2) is 31.8 Å². The van der Waals surface area contributed by atoms with Gasteiger partial charge in [-0.2, -0.15) is 0 Å². The van der Waals surface area contributed by atoms with E-state index < -0.39 is 5.72 Å². The third kappa shape index (κ3) is 3.55. The van der Waals surface area contributed by atoms with Crippen molar-refractivity contribution in [3.05, 3.63) is 53.6 Å². The maximum absolute atomic E-state index is 13.0. The van der Waals surface area contributed by atoms with E-state index in [9.17, 15) is 9.59 Å². The Balaban J connectivity index is 1.29. The van der Waals surface area contributed by atoms with E-state index in [-0.39, 0.29) is 29.6 Å². The molecule has 2 aromatic rings. The first-order chi connectivity index (χ1) is 15.5. The van der Waals surface area contributed by atoms with Crippen LogP contribution >= 0.6 is 0 Å². The molecule has 7 nitrogen and oxygen atoms in total. The first kappa shape index (κ1) is 20.7. The number of carbonyl (C=O) groups is 2. The van der Waals surface area contributed by atoms with Crippen molar-refractivity contribution in [2.24, 2.45) is 17.8 Å². The monoisotopic (exact) mass is 436 g/mol. The van der Waals surface area contributed by atoms with Crippen LogP contribution < -0.4 is 24.8 Å². The highest BCUT2D eigenvalue weighted by molar-refractivity contribution is 5.98. The van der Waals surface area contributed by atoms with Gasteiger partial charge in [-0.05, 0) is 55.0 Å². The fourth-order valence-corrected chi connectivity index (χ4v) is 5.54. The number of ether oxygens (including phenoxy) is 3. The first-order valence-corrected chi connectivity index (χ1v) is 11.1. The summed E-state index contributed by atoms with van der Waals surface area (Å²) in [5, 5.41) is 6.24. The molecule has 0 radical (unpaired) electrons. The van der Waals surface area contributed by atoms with Crippen LogP contribution in [0.1, 0.15) is 41.6 Å². The predicted octanol–water partition coefficient (Wildman–Crippen LogP) is 3.27. The van der Waals surface area contributed by atoms with E-state index in [2.05, 4.69) is 10.6 Å². The number of amides is 2. The molecule has 4 aliphatic rings. The van der Waals surface area contributed by atoms with E-state index in [4.69, 9.17) is 14.2 Å². The van der Waals surface area contributed by atoms with Gasteiger partial charge in [-0.25, -0.2) is 0 Å². The van der Waals surface area contributed by atoms with Crippen molar-refractivity contribution in [3.63, 3.8) is 0 Å². The average Bonchev–Trinajstić information content (AvgIpc) is 2.82. The maximum Gasteiger partial charge on any atom is 0.258 e. The van der Waals surface area contributed by atoms with E-state index in [1.54, 1.807) is 32.4 Å². The summed E-state index contributed by atoms with van der Waals surface area (Å²) in [6.45, 7) is 0.468. The zero-order valence-corrected chi connectivity index (χ0v) is 18.4. The van der Waals surface area contributed by atoms with Gasteiger partial charge in [0.05, 0.1) is 19.8 Å². The molecule has 1 heterocycles. The van der Waals surface area contributed by atoms with Crippen LogP contribution in [0.25, 0.3) is 0 Å². The molecule has 3 saturated carbocycles. The lowest BCUT2D eigenvalue weighted by Gasteiger charge is -2.55. The Kier molecular flexibility index (Phi) is 5.19. The molecule has 3 fully saturated rings. The SMILES string of the molecule is COc1cccc(CNC(=O)[C@@H]2C[C@@H]3CC[C@@H]2C[C@@]32NC(=O)c3ccc(OC)cc3O2)c1. The number of carbonyl (C=O) groups excluding carboxylic acids is 2. The molecule has 4 atom stereocenters. The van der Waals surface area contributed by atoms with Crippen molar-refractivity contribution < 1.29 is 23.8 Å². The lowest BCUT2D eigenvalue weighted by atomic mass is 9.60.